The fraction of sp³-hybridized carbons (Fsp3) is 0.435. The zero-order valence-electron chi connectivity index (χ0n) is 19.2. The lowest BCUT2D eigenvalue weighted by atomic mass is 10.0. The van der Waals surface area contributed by atoms with Gasteiger partial charge in [-0.3, -0.25) is 14.2 Å². The summed E-state index contributed by atoms with van der Waals surface area (Å²) >= 11 is 0. The van der Waals surface area contributed by atoms with E-state index in [0.29, 0.717) is 23.3 Å². The third kappa shape index (κ3) is 3.91. The molecule has 0 saturated carbocycles. The fourth-order valence-electron chi connectivity index (χ4n) is 4.71. The summed E-state index contributed by atoms with van der Waals surface area (Å²) in [6.07, 6.45) is 5.42. The first-order valence-corrected chi connectivity index (χ1v) is 11.4. The Morgan fingerprint density at radius 2 is 2.00 bits per heavy atom. The number of carbonyl (C=O) groups excluding carboxylic acids is 1. The van der Waals surface area contributed by atoms with Gasteiger partial charge < -0.3 is 15.6 Å². The van der Waals surface area contributed by atoms with Crippen molar-refractivity contribution in [3.05, 3.63) is 35.7 Å². The number of primary amides is 1. The van der Waals surface area contributed by atoms with Crippen LogP contribution in [0.25, 0.3) is 33.8 Å². The van der Waals surface area contributed by atoms with Crippen molar-refractivity contribution in [2.24, 2.45) is 5.73 Å². The molecule has 1 atom stereocenters. The van der Waals surface area contributed by atoms with E-state index in [1.165, 1.54) is 12.8 Å². The van der Waals surface area contributed by atoms with Crippen molar-refractivity contribution >= 4 is 16.8 Å². The minimum absolute atomic E-state index is 0.414. The minimum atomic E-state index is -0.486. The van der Waals surface area contributed by atoms with Gasteiger partial charge in [0.05, 0.1) is 24.0 Å². The molecule has 4 aromatic rings. The number of aromatic nitrogens is 7. The first-order chi connectivity index (χ1) is 15.9. The smallest absolute Gasteiger partial charge is 0.248 e. The molecule has 3 aromatic heterocycles. The average molecular weight is 448 g/mol. The molecule has 1 fully saturated rings. The quantitative estimate of drug-likeness (QED) is 0.468. The van der Waals surface area contributed by atoms with Gasteiger partial charge in [0, 0.05) is 29.1 Å². The van der Waals surface area contributed by atoms with Gasteiger partial charge in [0.2, 0.25) is 5.91 Å². The van der Waals surface area contributed by atoms with Crippen molar-refractivity contribution < 1.29 is 4.79 Å². The molecule has 5 rings (SSSR count). The Morgan fingerprint density at radius 1 is 1.18 bits per heavy atom. The predicted octanol–water partition coefficient (Wildman–Crippen LogP) is 2.60. The number of carbonyl (C=O) groups is 1. The van der Waals surface area contributed by atoms with Crippen LogP contribution in [0.3, 0.4) is 0 Å². The molecule has 1 amide bonds. The Kier molecular flexibility index (Phi) is 5.45. The van der Waals surface area contributed by atoms with Gasteiger partial charge in [-0.15, -0.1) is 10.2 Å². The maximum absolute atomic E-state index is 12.1. The number of fused-ring (bicyclic) bond motifs is 1. The molecule has 1 saturated heterocycles. The molecule has 0 bridgehead atoms. The third-order valence-electron chi connectivity index (χ3n) is 6.54. The average Bonchev–Trinajstić information content (AvgIpc) is 3.53. The number of H-pyrrole nitrogens is 1. The molecule has 10 heteroatoms. The summed E-state index contributed by atoms with van der Waals surface area (Å²) in [5.41, 5.74) is 9.50. The molecule has 3 N–H and O–H groups in total. The largest absolute Gasteiger partial charge is 0.366 e. The zero-order valence-corrected chi connectivity index (χ0v) is 19.2. The molecule has 1 aromatic carbocycles. The van der Waals surface area contributed by atoms with Gasteiger partial charge in [-0.05, 0) is 58.5 Å². The number of rotatable bonds is 6. The number of likely N-dealkylation sites (N-methyl/N-ethyl adjacent to an activating group) is 1. The number of amides is 1. The highest BCUT2D eigenvalue weighted by molar-refractivity contribution is 6.02. The molecule has 0 unspecified atom stereocenters. The summed E-state index contributed by atoms with van der Waals surface area (Å²) < 4.78 is 3.86. The van der Waals surface area contributed by atoms with Crippen LogP contribution in [-0.4, -0.2) is 65.2 Å². The number of hydrogen-bond acceptors (Lipinski definition) is 6. The molecule has 0 radical (unpaired) electrons. The van der Waals surface area contributed by atoms with Crippen molar-refractivity contribution in [2.45, 2.75) is 52.2 Å². The molecule has 4 heterocycles. The summed E-state index contributed by atoms with van der Waals surface area (Å²) in [5.74, 6) is 0.704. The second-order valence-electron chi connectivity index (χ2n) is 8.79. The number of aryl methyl sites for hydroxylation is 2. The van der Waals surface area contributed by atoms with Crippen molar-refractivity contribution in [1.29, 1.82) is 0 Å². The molecule has 1 aliphatic rings. The second kappa shape index (κ2) is 8.43. The van der Waals surface area contributed by atoms with Crippen LogP contribution >= 0.6 is 0 Å². The standard InChI is InChI=1S/C23H29N9O/c1-4-31-20(9-14(2)29-31)23-26-22(27-28-23)17-10-15(21(24)33)11-19-18(17)12-25-32(19)13-16-7-5-6-8-30(16)3/h9-12,16H,4-8,13H2,1-3H3,(H2,24,33)(H,26,27,28)/t16-/m1/s1. The van der Waals surface area contributed by atoms with Gasteiger partial charge in [-0.25, -0.2) is 0 Å². The Balaban J connectivity index is 1.58. The first kappa shape index (κ1) is 21.3. The molecule has 0 aliphatic carbocycles. The highest BCUT2D eigenvalue weighted by atomic mass is 16.1. The van der Waals surface area contributed by atoms with E-state index in [1.54, 1.807) is 6.07 Å². The summed E-state index contributed by atoms with van der Waals surface area (Å²) in [5, 5.41) is 18.8. The second-order valence-corrected chi connectivity index (χ2v) is 8.79. The van der Waals surface area contributed by atoms with Crippen LogP contribution < -0.4 is 5.73 Å². The first-order valence-electron chi connectivity index (χ1n) is 11.4. The third-order valence-corrected chi connectivity index (χ3v) is 6.54. The lowest BCUT2D eigenvalue weighted by Gasteiger charge is -2.32. The van der Waals surface area contributed by atoms with Crippen LogP contribution in [-0.2, 0) is 13.1 Å². The zero-order chi connectivity index (χ0) is 23.1. The number of piperidine rings is 1. The van der Waals surface area contributed by atoms with Crippen LogP contribution in [0, 0.1) is 6.92 Å². The number of benzene rings is 1. The van der Waals surface area contributed by atoms with Gasteiger partial charge >= 0.3 is 0 Å². The van der Waals surface area contributed by atoms with E-state index in [4.69, 9.17) is 5.73 Å². The van der Waals surface area contributed by atoms with E-state index in [0.717, 1.165) is 53.9 Å². The van der Waals surface area contributed by atoms with Gasteiger partial charge in [0.15, 0.2) is 11.6 Å². The summed E-state index contributed by atoms with van der Waals surface area (Å²) in [6, 6.07) is 5.97. The monoisotopic (exact) mass is 447 g/mol. The van der Waals surface area contributed by atoms with Gasteiger partial charge in [0.25, 0.3) is 0 Å². The summed E-state index contributed by atoms with van der Waals surface area (Å²) in [7, 11) is 2.16. The van der Waals surface area contributed by atoms with Gasteiger partial charge in [-0.2, -0.15) is 10.2 Å². The molecular formula is C23H29N9O. The molecule has 1 aliphatic heterocycles. The molecule has 33 heavy (non-hydrogen) atoms. The molecular weight excluding hydrogens is 418 g/mol. The lowest BCUT2D eigenvalue weighted by Crippen LogP contribution is -2.39. The molecule has 0 spiro atoms. The molecule has 10 nitrogen and oxygen atoms in total. The van der Waals surface area contributed by atoms with E-state index in [2.05, 4.69) is 37.3 Å². The maximum atomic E-state index is 12.1. The minimum Gasteiger partial charge on any atom is -0.366 e. The van der Waals surface area contributed by atoms with E-state index in [9.17, 15) is 4.79 Å². The normalized spacial score (nSPS) is 17.1. The van der Waals surface area contributed by atoms with E-state index in [1.807, 2.05) is 41.5 Å². The van der Waals surface area contributed by atoms with Crippen LogP contribution in [0.4, 0.5) is 0 Å². The highest BCUT2D eigenvalue weighted by Gasteiger charge is 2.22. The predicted molar refractivity (Wildman–Crippen MR) is 126 cm³/mol. The van der Waals surface area contributed by atoms with Crippen LogP contribution in [0.1, 0.15) is 42.2 Å². The van der Waals surface area contributed by atoms with Gasteiger partial charge in [-0.1, -0.05) is 6.42 Å². The lowest BCUT2D eigenvalue weighted by molar-refractivity contribution is 0.100. The number of aromatic amines is 1. The van der Waals surface area contributed by atoms with Crippen molar-refractivity contribution in [1.82, 2.24) is 39.6 Å². The van der Waals surface area contributed by atoms with Crippen LogP contribution in [0.5, 0.6) is 0 Å². The van der Waals surface area contributed by atoms with Crippen LogP contribution in [0.15, 0.2) is 24.4 Å². The van der Waals surface area contributed by atoms with Gasteiger partial charge in [0.1, 0.15) is 5.69 Å². The van der Waals surface area contributed by atoms with Crippen LogP contribution in [0.2, 0.25) is 0 Å². The number of nitrogens with zero attached hydrogens (tertiary/aromatic N) is 7. The number of hydrogen-bond donors (Lipinski definition) is 2. The number of likely N-dealkylation sites (tertiary alicyclic amines) is 1. The number of nitrogens with one attached hydrogen (secondary N) is 1. The Morgan fingerprint density at radius 3 is 2.76 bits per heavy atom. The van der Waals surface area contributed by atoms with E-state index < -0.39 is 5.91 Å². The van der Waals surface area contributed by atoms with Crippen molar-refractivity contribution in [3.63, 3.8) is 0 Å². The maximum Gasteiger partial charge on any atom is 0.248 e. The fourth-order valence-corrected chi connectivity index (χ4v) is 4.71. The van der Waals surface area contributed by atoms with E-state index in [-0.39, 0.29) is 0 Å². The Bertz CT molecular complexity index is 1310. The van der Waals surface area contributed by atoms with Crippen molar-refractivity contribution in [3.8, 4) is 22.9 Å². The van der Waals surface area contributed by atoms with E-state index >= 15 is 0 Å². The Labute approximate surface area is 191 Å². The summed E-state index contributed by atoms with van der Waals surface area (Å²) in [6.45, 7) is 6.56. The molecule has 172 valence electrons. The SMILES string of the molecule is CCn1nc(C)cc1-c1nnc(-c2cc(C(N)=O)cc3c2cnn3C[C@H]2CCCCN2C)[nH]1. The highest BCUT2D eigenvalue weighted by Crippen LogP contribution is 2.30. The Hall–Kier alpha value is -3.53. The van der Waals surface area contributed by atoms with Crippen molar-refractivity contribution in [2.75, 3.05) is 13.6 Å². The number of nitrogens with two attached hydrogens (primary N) is 1. The topological polar surface area (TPSA) is 124 Å². The summed E-state index contributed by atoms with van der Waals surface area (Å²) in [4.78, 5) is 17.8.